The van der Waals surface area contributed by atoms with Crippen molar-refractivity contribution in [2.75, 3.05) is 13.7 Å². The Kier molecular flexibility index (Phi) is 5.65. The zero-order chi connectivity index (χ0) is 13.8. The summed E-state index contributed by atoms with van der Waals surface area (Å²) in [5.41, 5.74) is 1.18. The zero-order valence-corrected chi connectivity index (χ0v) is 14.7. The SMILES string of the molecule is CCNC(c1ccc(COC)o1)c1cc(Br)sc1Br. The van der Waals surface area contributed by atoms with Gasteiger partial charge in [-0.3, -0.25) is 0 Å². The summed E-state index contributed by atoms with van der Waals surface area (Å²) >= 11 is 8.78. The molecule has 2 aromatic rings. The Morgan fingerprint density at radius 3 is 2.79 bits per heavy atom. The maximum atomic E-state index is 5.84. The number of rotatable bonds is 6. The molecule has 0 saturated heterocycles. The van der Waals surface area contributed by atoms with Crippen LogP contribution in [0, 0.1) is 0 Å². The number of methoxy groups -OCH3 is 1. The normalized spacial score (nSPS) is 12.8. The van der Waals surface area contributed by atoms with Gasteiger partial charge in [-0.05, 0) is 56.6 Å². The summed E-state index contributed by atoms with van der Waals surface area (Å²) in [6, 6.07) is 6.12. The van der Waals surface area contributed by atoms with Crippen molar-refractivity contribution in [3.63, 3.8) is 0 Å². The van der Waals surface area contributed by atoms with Crippen LogP contribution in [0.2, 0.25) is 0 Å². The number of nitrogens with one attached hydrogen (secondary N) is 1. The number of ether oxygens (including phenoxy) is 1. The highest BCUT2D eigenvalue weighted by Gasteiger charge is 2.21. The zero-order valence-electron chi connectivity index (χ0n) is 10.7. The van der Waals surface area contributed by atoms with Gasteiger partial charge in [0.15, 0.2) is 0 Å². The number of hydrogen-bond acceptors (Lipinski definition) is 4. The standard InChI is InChI=1S/C13H15Br2NO2S/c1-3-16-12(9-6-11(14)19-13(9)15)10-5-4-8(18-10)7-17-2/h4-6,12,16H,3,7H2,1-2H3. The van der Waals surface area contributed by atoms with E-state index in [1.54, 1.807) is 18.4 Å². The number of thiophene rings is 1. The van der Waals surface area contributed by atoms with Gasteiger partial charge in [0, 0.05) is 12.7 Å². The molecule has 0 saturated carbocycles. The average Bonchev–Trinajstić information content (AvgIpc) is 2.94. The molecule has 1 unspecified atom stereocenters. The molecular formula is C13H15Br2NO2S. The summed E-state index contributed by atoms with van der Waals surface area (Å²) < 4.78 is 13.1. The first-order valence-corrected chi connectivity index (χ1v) is 8.31. The molecule has 0 aliphatic heterocycles. The van der Waals surface area contributed by atoms with Crippen LogP contribution < -0.4 is 5.32 Å². The lowest BCUT2D eigenvalue weighted by molar-refractivity contribution is 0.162. The number of halogens is 2. The molecule has 1 N–H and O–H groups in total. The Labute approximate surface area is 133 Å². The molecule has 0 aromatic carbocycles. The number of hydrogen-bond donors (Lipinski definition) is 1. The van der Waals surface area contributed by atoms with Gasteiger partial charge in [0.05, 0.1) is 13.6 Å². The number of furan rings is 1. The molecule has 0 spiro atoms. The Balaban J connectivity index is 2.30. The van der Waals surface area contributed by atoms with Crippen LogP contribution in [0.25, 0.3) is 0 Å². The maximum Gasteiger partial charge on any atom is 0.129 e. The van der Waals surface area contributed by atoms with Crippen molar-refractivity contribution in [1.29, 1.82) is 0 Å². The Morgan fingerprint density at radius 2 is 2.21 bits per heavy atom. The minimum absolute atomic E-state index is 0.0486. The molecule has 0 aliphatic rings. The van der Waals surface area contributed by atoms with Gasteiger partial charge in [-0.1, -0.05) is 6.92 Å². The van der Waals surface area contributed by atoms with Crippen LogP contribution in [0.3, 0.4) is 0 Å². The highest BCUT2D eigenvalue weighted by molar-refractivity contribution is 9.12. The second kappa shape index (κ2) is 7.04. The third kappa shape index (κ3) is 3.70. The summed E-state index contributed by atoms with van der Waals surface area (Å²) in [4.78, 5) is 0. The first-order chi connectivity index (χ1) is 9.15. The minimum atomic E-state index is 0.0486. The summed E-state index contributed by atoms with van der Waals surface area (Å²) in [5.74, 6) is 1.74. The van der Waals surface area contributed by atoms with E-state index in [9.17, 15) is 0 Å². The van der Waals surface area contributed by atoms with E-state index in [4.69, 9.17) is 9.15 Å². The first kappa shape index (κ1) is 15.3. The minimum Gasteiger partial charge on any atom is -0.462 e. The smallest absolute Gasteiger partial charge is 0.129 e. The summed E-state index contributed by atoms with van der Waals surface area (Å²) in [7, 11) is 1.66. The Bertz CT molecular complexity index is 538. The quantitative estimate of drug-likeness (QED) is 0.751. The van der Waals surface area contributed by atoms with Gasteiger partial charge in [-0.2, -0.15) is 0 Å². The summed E-state index contributed by atoms with van der Waals surface area (Å²) in [5, 5.41) is 3.45. The van der Waals surface area contributed by atoms with Gasteiger partial charge >= 0.3 is 0 Å². The van der Waals surface area contributed by atoms with Crippen LogP contribution >= 0.6 is 43.2 Å². The van der Waals surface area contributed by atoms with Crippen LogP contribution in [0.1, 0.15) is 30.0 Å². The monoisotopic (exact) mass is 407 g/mol. The summed E-state index contributed by atoms with van der Waals surface area (Å²) in [6.45, 7) is 3.44. The maximum absolute atomic E-state index is 5.84. The molecule has 2 aromatic heterocycles. The molecule has 0 aliphatic carbocycles. The van der Waals surface area contributed by atoms with E-state index in [1.807, 2.05) is 12.1 Å². The lowest BCUT2D eigenvalue weighted by Crippen LogP contribution is -2.21. The fraction of sp³-hybridized carbons (Fsp3) is 0.385. The fourth-order valence-electron chi connectivity index (χ4n) is 1.89. The van der Waals surface area contributed by atoms with E-state index in [2.05, 4.69) is 50.2 Å². The predicted octanol–water partition coefficient (Wildman–Crippen LogP) is 4.71. The van der Waals surface area contributed by atoms with E-state index >= 15 is 0 Å². The lowest BCUT2D eigenvalue weighted by Gasteiger charge is -2.15. The molecule has 0 fully saturated rings. The van der Waals surface area contributed by atoms with Crippen LogP contribution in [-0.2, 0) is 11.3 Å². The van der Waals surface area contributed by atoms with Gasteiger partial charge in [-0.25, -0.2) is 0 Å². The van der Waals surface area contributed by atoms with Crippen molar-refractivity contribution in [3.8, 4) is 0 Å². The molecule has 104 valence electrons. The topological polar surface area (TPSA) is 34.4 Å². The Hall–Kier alpha value is -0.140. The van der Waals surface area contributed by atoms with E-state index in [1.165, 1.54) is 5.56 Å². The Morgan fingerprint density at radius 1 is 1.42 bits per heavy atom. The van der Waals surface area contributed by atoms with E-state index in [0.29, 0.717) is 6.61 Å². The van der Waals surface area contributed by atoms with E-state index in [-0.39, 0.29) is 6.04 Å². The van der Waals surface area contributed by atoms with Crippen LogP contribution in [0.5, 0.6) is 0 Å². The van der Waals surface area contributed by atoms with Gasteiger partial charge in [0.2, 0.25) is 0 Å². The molecule has 0 amide bonds. The van der Waals surface area contributed by atoms with Gasteiger partial charge < -0.3 is 14.5 Å². The third-order valence-electron chi connectivity index (χ3n) is 2.66. The van der Waals surface area contributed by atoms with Crippen LogP contribution in [-0.4, -0.2) is 13.7 Å². The van der Waals surface area contributed by atoms with Crippen molar-refractivity contribution in [2.24, 2.45) is 0 Å². The second-order valence-corrected chi connectivity index (χ2v) is 7.76. The average molecular weight is 409 g/mol. The van der Waals surface area contributed by atoms with Crippen molar-refractivity contribution < 1.29 is 9.15 Å². The highest BCUT2D eigenvalue weighted by Crippen LogP contribution is 2.38. The molecule has 0 bridgehead atoms. The van der Waals surface area contributed by atoms with Crippen molar-refractivity contribution >= 4 is 43.2 Å². The molecule has 19 heavy (non-hydrogen) atoms. The van der Waals surface area contributed by atoms with Crippen molar-refractivity contribution in [3.05, 3.63) is 42.9 Å². The van der Waals surface area contributed by atoms with Crippen molar-refractivity contribution in [1.82, 2.24) is 5.32 Å². The fourth-order valence-corrected chi connectivity index (χ4v) is 4.79. The molecule has 2 rings (SSSR count). The lowest BCUT2D eigenvalue weighted by atomic mass is 10.1. The third-order valence-corrected chi connectivity index (χ3v) is 5.04. The van der Waals surface area contributed by atoms with E-state index < -0.39 is 0 Å². The highest BCUT2D eigenvalue weighted by atomic mass is 79.9. The van der Waals surface area contributed by atoms with Crippen LogP contribution in [0.4, 0.5) is 0 Å². The second-order valence-electron chi connectivity index (χ2n) is 4.01. The van der Waals surface area contributed by atoms with Crippen molar-refractivity contribution in [2.45, 2.75) is 19.6 Å². The molecule has 3 nitrogen and oxygen atoms in total. The molecule has 2 heterocycles. The van der Waals surface area contributed by atoms with E-state index in [0.717, 1.165) is 25.6 Å². The largest absolute Gasteiger partial charge is 0.462 e. The van der Waals surface area contributed by atoms with Gasteiger partial charge in [-0.15, -0.1) is 11.3 Å². The molecule has 6 heteroatoms. The first-order valence-electron chi connectivity index (χ1n) is 5.91. The molecule has 1 atom stereocenters. The molecular weight excluding hydrogens is 394 g/mol. The predicted molar refractivity (Wildman–Crippen MR) is 84.7 cm³/mol. The van der Waals surface area contributed by atoms with Gasteiger partial charge in [0.1, 0.15) is 18.1 Å². The van der Waals surface area contributed by atoms with Gasteiger partial charge in [0.25, 0.3) is 0 Å². The van der Waals surface area contributed by atoms with Crippen LogP contribution in [0.15, 0.2) is 30.2 Å². The molecule has 0 radical (unpaired) electrons. The summed E-state index contributed by atoms with van der Waals surface area (Å²) in [6.07, 6.45) is 0.